The first-order valence-electron chi connectivity index (χ1n) is 5.91. The molecule has 5 heteroatoms. The van der Waals surface area contributed by atoms with E-state index in [4.69, 9.17) is 5.11 Å². The fourth-order valence-corrected chi connectivity index (χ4v) is 4.20. The summed E-state index contributed by atoms with van der Waals surface area (Å²) < 4.78 is 24.4. The summed E-state index contributed by atoms with van der Waals surface area (Å²) in [5.74, 6) is -1.49. The van der Waals surface area contributed by atoms with E-state index < -0.39 is 27.0 Å². The second-order valence-electron chi connectivity index (χ2n) is 4.91. The molecular weight excluding hydrogens is 252 g/mol. The lowest BCUT2D eigenvalue weighted by Crippen LogP contribution is -2.16. The second kappa shape index (κ2) is 4.39. The van der Waals surface area contributed by atoms with Gasteiger partial charge in [-0.1, -0.05) is 25.1 Å². The van der Waals surface area contributed by atoms with Gasteiger partial charge in [0.2, 0.25) is 0 Å². The first-order valence-corrected chi connectivity index (χ1v) is 7.46. The first kappa shape index (κ1) is 13.1. The molecule has 1 aromatic carbocycles. The van der Waals surface area contributed by atoms with Crippen LogP contribution in [0.1, 0.15) is 25.0 Å². The van der Waals surface area contributed by atoms with Gasteiger partial charge in [0.05, 0.1) is 16.1 Å². The van der Waals surface area contributed by atoms with Gasteiger partial charge in [0.15, 0.2) is 9.84 Å². The van der Waals surface area contributed by atoms with Crippen molar-refractivity contribution in [2.45, 2.75) is 36.8 Å². The Kier molecular flexibility index (Phi) is 3.19. The molecule has 0 fully saturated rings. The lowest BCUT2D eigenvalue weighted by atomic mass is 9.98. The quantitative estimate of drug-likeness (QED) is 0.905. The predicted octanol–water partition coefficient (Wildman–Crippen LogP) is 1.67. The van der Waals surface area contributed by atoms with Crippen LogP contribution in [0.25, 0.3) is 0 Å². The van der Waals surface area contributed by atoms with E-state index in [1.807, 2.05) is 6.07 Å². The third-order valence-corrected chi connectivity index (χ3v) is 5.77. The zero-order chi connectivity index (χ0) is 13.5. The summed E-state index contributed by atoms with van der Waals surface area (Å²) in [6.07, 6.45) is 0.775. The van der Waals surface area contributed by atoms with Gasteiger partial charge in [-0.05, 0) is 30.9 Å². The van der Waals surface area contributed by atoms with Crippen molar-refractivity contribution in [2.75, 3.05) is 0 Å². The van der Waals surface area contributed by atoms with Gasteiger partial charge >= 0.3 is 5.97 Å². The molecule has 1 N–H and O–H groups in total. The monoisotopic (exact) mass is 268 g/mol. The van der Waals surface area contributed by atoms with Crippen LogP contribution >= 0.6 is 0 Å². The van der Waals surface area contributed by atoms with Crippen molar-refractivity contribution < 1.29 is 18.3 Å². The van der Waals surface area contributed by atoms with E-state index in [0.29, 0.717) is 16.9 Å². The maximum Gasteiger partial charge on any atom is 0.306 e. The summed E-state index contributed by atoms with van der Waals surface area (Å²) in [5, 5.41) is 8.52. The summed E-state index contributed by atoms with van der Waals surface area (Å²) in [4.78, 5) is 11.2. The molecule has 0 saturated heterocycles. The third kappa shape index (κ3) is 2.03. The topological polar surface area (TPSA) is 71.4 Å². The van der Waals surface area contributed by atoms with Gasteiger partial charge in [0.1, 0.15) is 0 Å². The lowest BCUT2D eigenvalue weighted by molar-refractivity contribution is -0.141. The fraction of sp³-hybridized carbons (Fsp3) is 0.462. The molecule has 98 valence electrons. The molecule has 0 amide bonds. The summed E-state index contributed by atoms with van der Waals surface area (Å²) in [6.45, 7) is 3.28. The zero-order valence-electron chi connectivity index (χ0n) is 10.4. The number of hydrogen-bond acceptors (Lipinski definition) is 3. The standard InChI is InChI=1S/C13H16O4S/c1-8(13(14)15)6-10-4-3-5-11-7-9(2)18(16,17)12(10)11/h3-5,8-9H,6-7H2,1-2H3,(H,14,15). The van der Waals surface area contributed by atoms with E-state index >= 15 is 0 Å². The number of carboxylic acids is 1. The Balaban J connectivity index is 2.48. The van der Waals surface area contributed by atoms with Crippen molar-refractivity contribution in [1.29, 1.82) is 0 Å². The highest BCUT2D eigenvalue weighted by Crippen LogP contribution is 2.34. The Hall–Kier alpha value is -1.36. The Morgan fingerprint density at radius 2 is 2.17 bits per heavy atom. The third-order valence-electron chi connectivity index (χ3n) is 3.45. The molecule has 1 aromatic rings. The Morgan fingerprint density at radius 1 is 1.50 bits per heavy atom. The minimum absolute atomic E-state index is 0.254. The van der Waals surface area contributed by atoms with Crippen molar-refractivity contribution in [3.8, 4) is 0 Å². The number of carboxylic acid groups (broad SMARTS) is 1. The second-order valence-corrected chi connectivity index (χ2v) is 7.21. The van der Waals surface area contributed by atoms with Crippen LogP contribution in [-0.2, 0) is 27.5 Å². The Labute approximate surface area is 107 Å². The molecule has 0 saturated carbocycles. The van der Waals surface area contributed by atoms with Crippen molar-refractivity contribution in [3.63, 3.8) is 0 Å². The Morgan fingerprint density at radius 3 is 2.78 bits per heavy atom. The summed E-state index contributed by atoms with van der Waals surface area (Å²) in [6, 6.07) is 5.33. The van der Waals surface area contributed by atoms with Crippen LogP contribution in [0.4, 0.5) is 0 Å². The van der Waals surface area contributed by atoms with E-state index in [0.717, 1.165) is 5.56 Å². The molecule has 2 unspecified atom stereocenters. The first-order chi connectivity index (χ1) is 8.34. The predicted molar refractivity (Wildman–Crippen MR) is 67.3 cm³/mol. The number of rotatable bonds is 3. The average molecular weight is 268 g/mol. The number of fused-ring (bicyclic) bond motifs is 1. The molecular formula is C13H16O4S. The molecule has 4 nitrogen and oxygen atoms in total. The van der Waals surface area contributed by atoms with Gasteiger partial charge < -0.3 is 5.11 Å². The average Bonchev–Trinajstić information content (AvgIpc) is 2.50. The summed E-state index contributed by atoms with van der Waals surface area (Å²) >= 11 is 0. The van der Waals surface area contributed by atoms with Crippen LogP contribution in [-0.4, -0.2) is 24.7 Å². The maximum absolute atomic E-state index is 12.2. The normalized spacial score (nSPS) is 22.4. The van der Waals surface area contributed by atoms with Crippen molar-refractivity contribution in [3.05, 3.63) is 29.3 Å². The van der Waals surface area contributed by atoms with Gasteiger partial charge in [0.25, 0.3) is 0 Å². The SMILES string of the molecule is CC(Cc1cccc2c1S(=O)(=O)C(C)C2)C(=O)O. The van der Waals surface area contributed by atoms with Gasteiger partial charge in [-0.15, -0.1) is 0 Å². The van der Waals surface area contributed by atoms with E-state index in [-0.39, 0.29) is 6.42 Å². The number of aliphatic carboxylic acids is 1. The minimum Gasteiger partial charge on any atom is -0.481 e. The molecule has 1 aliphatic rings. The maximum atomic E-state index is 12.2. The van der Waals surface area contributed by atoms with Crippen LogP contribution in [0.15, 0.2) is 23.1 Å². The van der Waals surface area contributed by atoms with E-state index in [9.17, 15) is 13.2 Å². The summed E-state index contributed by atoms with van der Waals surface area (Å²) in [7, 11) is -3.28. The van der Waals surface area contributed by atoms with Crippen LogP contribution in [0, 0.1) is 5.92 Å². The number of hydrogen-bond donors (Lipinski definition) is 1. The van der Waals surface area contributed by atoms with E-state index in [2.05, 4.69) is 0 Å². The van der Waals surface area contributed by atoms with Gasteiger partial charge in [-0.3, -0.25) is 4.79 Å². The highest BCUT2D eigenvalue weighted by molar-refractivity contribution is 7.92. The molecule has 18 heavy (non-hydrogen) atoms. The smallest absolute Gasteiger partial charge is 0.306 e. The van der Waals surface area contributed by atoms with Crippen molar-refractivity contribution in [1.82, 2.24) is 0 Å². The molecule has 0 aromatic heterocycles. The highest BCUT2D eigenvalue weighted by atomic mass is 32.2. The fourth-order valence-electron chi connectivity index (χ4n) is 2.36. The number of carbonyl (C=O) groups is 1. The molecule has 0 aliphatic carbocycles. The van der Waals surface area contributed by atoms with Crippen molar-refractivity contribution in [2.24, 2.45) is 5.92 Å². The van der Waals surface area contributed by atoms with E-state index in [1.54, 1.807) is 26.0 Å². The van der Waals surface area contributed by atoms with Crippen LogP contribution in [0.5, 0.6) is 0 Å². The highest BCUT2D eigenvalue weighted by Gasteiger charge is 2.36. The number of sulfone groups is 1. The van der Waals surface area contributed by atoms with E-state index in [1.165, 1.54) is 0 Å². The van der Waals surface area contributed by atoms with Gasteiger partial charge in [-0.2, -0.15) is 0 Å². The largest absolute Gasteiger partial charge is 0.481 e. The molecule has 2 rings (SSSR count). The molecule has 0 bridgehead atoms. The Bertz CT molecular complexity index is 589. The number of benzene rings is 1. The lowest BCUT2D eigenvalue weighted by Gasteiger charge is -2.11. The molecule has 1 aliphatic heterocycles. The van der Waals surface area contributed by atoms with Crippen LogP contribution in [0.3, 0.4) is 0 Å². The minimum atomic E-state index is -3.28. The molecule has 1 heterocycles. The molecule has 0 spiro atoms. The molecule has 2 atom stereocenters. The van der Waals surface area contributed by atoms with Crippen molar-refractivity contribution >= 4 is 15.8 Å². The van der Waals surface area contributed by atoms with Gasteiger partial charge in [0, 0.05) is 0 Å². The zero-order valence-corrected chi connectivity index (χ0v) is 11.2. The van der Waals surface area contributed by atoms with Gasteiger partial charge in [-0.25, -0.2) is 8.42 Å². The molecule has 0 radical (unpaired) electrons. The van der Waals surface area contributed by atoms with Crippen LogP contribution < -0.4 is 0 Å². The van der Waals surface area contributed by atoms with Crippen LogP contribution in [0.2, 0.25) is 0 Å². The summed E-state index contributed by atoms with van der Waals surface area (Å²) in [5.41, 5.74) is 1.45.